The molecule has 0 saturated carbocycles. The molecule has 1 N–H and O–H groups in total. The van der Waals surface area contributed by atoms with Crippen LogP contribution in [0.3, 0.4) is 0 Å². The van der Waals surface area contributed by atoms with Crippen molar-refractivity contribution in [2.75, 3.05) is 7.11 Å². The van der Waals surface area contributed by atoms with Crippen LogP contribution in [0.2, 0.25) is 0 Å². The molecule has 0 amide bonds. The molecule has 0 aromatic heterocycles. The lowest BCUT2D eigenvalue weighted by molar-refractivity contribution is -0.131. The number of carbonyl (C=O) groups is 2. The van der Waals surface area contributed by atoms with Gasteiger partial charge in [0.1, 0.15) is 5.75 Å². The van der Waals surface area contributed by atoms with Gasteiger partial charge in [0.25, 0.3) is 5.78 Å². The van der Waals surface area contributed by atoms with Crippen LogP contribution in [0, 0.1) is 0 Å². The first-order valence-corrected chi connectivity index (χ1v) is 4.54. The van der Waals surface area contributed by atoms with Crippen molar-refractivity contribution >= 4 is 11.8 Å². The number of hydrogen-bond acceptors (Lipinski definition) is 3. The van der Waals surface area contributed by atoms with Crippen LogP contribution in [-0.4, -0.2) is 24.0 Å². The van der Waals surface area contributed by atoms with Gasteiger partial charge in [-0.25, -0.2) is 4.79 Å². The number of carbonyl (C=O) groups excluding carboxylic acids is 1. The Hall–Kier alpha value is -1.84. The largest absolute Gasteiger partial charge is 0.496 e. The van der Waals surface area contributed by atoms with Gasteiger partial charge >= 0.3 is 5.97 Å². The average Bonchev–Trinajstić information content (AvgIpc) is 2.26. The normalized spacial score (nSPS) is 9.73. The standard InChI is InChI=1S/C11H12O4/c1-3-7-6-8(10(12)11(13)14)4-5-9(7)15-2/h4-6H,3H2,1-2H3,(H,13,14). The van der Waals surface area contributed by atoms with Crippen molar-refractivity contribution in [3.63, 3.8) is 0 Å². The van der Waals surface area contributed by atoms with Crippen molar-refractivity contribution in [3.8, 4) is 5.75 Å². The second-order valence-electron chi connectivity index (χ2n) is 3.01. The van der Waals surface area contributed by atoms with Gasteiger partial charge in [-0.3, -0.25) is 4.79 Å². The minimum absolute atomic E-state index is 0.181. The van der Waals surface area contributed by atoms with Crippen molar-refractivity contribution in [2.45, 2.75) is 13.3 Å². The third kappa shape index (κ3) is 2.34. The minimum Gasteiger partial charge on any atom is -0.496 e. The molecule has 0 unspecified atom stereocenters. The van der Waals surface area contributed by atoms with Crippen LogP contribution in [-0.2, 0) is 11.2 Å². The fraction of sp³-hybridized carbons (Fsp3) is 0.273. The molecule has 0 fully saturated rings. The highest BCUT2D eigenvalue weighted by Gasteiger charge is 2.15. The molecule has 0 spiro atoms. The van der Waals surface area contributed by atoms with E-state index < -0.39 is 11.8 Å². The monoisotopic (exact) mass is 208 g/mol. The molecule has 1 aromatic carbocycles. The number of carboxylic acids is 1. The molecular weight excluding hydrogens is 196 g/mol. The van der Waals surface area contributed by atoms with Gasteiger partial charge in [-0.15, -0.1) is 0 Å². The van der Waals surface area contributed by atoms with Gasteiger partial charge in [0.2, 0.25) is 0 Å². The van der Waals surface area contributed by atoms with Crippen LogP contribution >= 0.6 is 0 Å². The van der Waals surface area contributed by atoms with E-state index in [1.165, 1.54) is 13.2 Å². The molecule has 0 atom stereocenters. The maximum atomic E-state index is 11.2. The molecular formula is C11H12O4. The fourth-order valence-electron chi connectivity index (χ4n) is 1.32. The first-order chi connectivity index (χ1) is 7.10. The molecule has 0 saturated heterocycles. The number of aryl methyl sites for hydroxylation is 1. The fourth-order valence-corrected chi connectivity index (χ4v) is 1.32. The molecule has 0 aliphatic carbocycles. The van der Waals surface area contributed by atoms with Gasteiger partial charge < -0.3 is 9.84 Å². The number of hydrogen-bond donors (Lipinski definition) is 1. The summed E-state index contributed by atoms with van der Waals surface area (Å²) >= 11 is 0. The van der Waals surface area contributed by atoms with E-state index in [1.54, 1.807) is 12.1 Å². The van der Waals surface area contributed by atoms with E-state index in [4.69, 9.17) is 9.84 Å². The smallest absolute Gasteiger partial charge is 0.377 e. The number of methoxy groups -OCH3 is 1. The zero-order chi connectivity index (χ0) is 11.4. The Morgan fingerprint density at radius 2 is 2.07 bits per heavy atom. The van der Waals surface area contributed by atoms with E-state index in [2.05, 4.69) is 0 Å². The highest BCUT2D eigenvalue weighted by molar-refractivity contribution is 6.39. The predicted octanol–water partition coefficient (Wildman–Crippen LogP) is 1.52. The van der Waals surface area contributed by atoms with E-state index in [0.29, 0.717) is 12.2 Å². The second kappa shape index (κ2) is 4.59. The van der Waals surface area contributed by atoms with E-state index in [9.17, 15) is 9.59 Å². The zero-order valence-electron chi connectivity index (χ0n) is 8.61. The lowest BCUT2D eigenvalue weighted by Crippen LogP contribution is -2.13. The van der Waals surface area contributed by atoms with Crippen LogP contribution in [0.15, 0.2) is 18.2 Å². The number of carboxylic acid groups (broad SMARTS) is 1. The first kappa shape index (κ1) is 11.2. The molecule has 0 aliphatic rings. The van der Waals surface area contributed by atoms with Crippen LogP contribution in [0.1, 0.15) is 22.8 Å². The Bertz CT molecular complexity index is 396. The summed E-state index contributed by atoms with van der Waals surface area (Å²) in [6.45, 7) is 1.91. The van der Waals surface area contributed by atoms with Gasteiger partial charge in [-0.2, -0.15) is 0 Å². The van der Waals surface area contributed by atoms with Gasteiger partial charge in [0.05, 0.1) is 7.11 Å². The van der Waals surface area contributed by atoms with Crippen LogP contribution < -0.4 is 4.74 Å². The van der Waals surface area contributed by atoms with Crippen molar-refractivity contribution in [1.82, 2.24) is 0 Å². The molecule has 1 aromatic rings. The van der Waals surface area contributed by atoms with Gasteiger partial charge in [0, 0.05) is 5.56 Å². The Morgan fingerprint density at radius 3 is 2.53 bits per heavy atom. The number of ether oxygens (including phenoxy) is 1. The minimum atomic E-state index is -1.44. The van der Waals surface area contributed by atoms with Crippen LogP contribution in [0.5, 0.6) is 5.75 Å². The second-order valence-corrected chi connectivity index (χ2v) is 3.01. The number of ketones is 1. The summed E-state index contributed by atoms with van der Waals surface area (Å²) in [7, 11) is 1.53. The third-order valence-electron chi connectivity index (χ3n) is 2.12. The summed E-state index contributed by atoms with van der Waals surface area (Å²) in [6, 6.07) is 4.61. The summed E-state index contributed by atoms with van der Waals surface area (Å²) < 4.78 is 5.07. The maximum absolute atomic E-state index is 11.2. The Kier molecular flexibility index (Phi) is 3.44. The molecule has 4 nitrogen and oxygen atoms in total. The summed E-state index contributed by atoms with van der Waals surface area (Å²) in [5.74, 6) is -1.67. The van der Waals surface area contributed by atoms with Gasteiger partial charge in [-0.05, 0) is 30.2 Å². The SMILES string of the molecule is CCc1cc(C(=O)C(=O)O)ccc1OC. The predicted molar refractivity (Wildman–Crippen MR) is 54.3 cm³/mol. The van der Waals surface area contributed by atoms with Crippen LogP contribution in [0.25, 0.3) is 0 Å². The van der Waals surface area contributed by atoms with Crippen LogP contribution in [0.4, 0.5) is 0 Å². The molecule has 4 heteroatoms. The third-order valence-corrected chi connectivity index (χ3v) is 2.12. The van der Waals surface area contributed by atoms with Crippen molar-refractivity contribution in [1.29, 1.82) is 0 Å². The van der Waals surface area contributed by atoms with E-state index in [0.717, 1.165) is 5.56 Å². The number of aliphatic carboxylic acids is 1. The molecule has 0 heterocycles. The Labute approximate surface area is 87.5 Å². The average molecular weight is 208 g/mol. The highest BCUT2D eigenvalue weighted by atomic mass is 16.5. The molecule has 0 radical (unpaired) electrons. The summed E-state index contributed by atoms with van der Waals surface area (Å²) in [5.41, 5.74) is 1.00. The molecule has 0 aliphatic heterocycles. The number of Topliss-reactive ketones (excluding diaryl/α,β-unsaturated/α-hetero) is 1. The van der Waals surface area contributed by atoms with Crippen molar-refractivity contribution in [3.05, 3.63) is 29.3 Å². The topological polar surface area (TPSA) is 63.6 Å². The number of benzene rings is 1. The highest BCUT2D eigenvalue weighted by Crippen LogP contribution is 2.20. The van der Waals surface area contributed by atoms with Gasteiger partial charge in [-0.1, -0.05) is 6.92 Å². The Balaban J connectivity index is 3.13. The molecule has 1 rings (SSSR count). The zero-order valence-corrected chi connectivity index (χ0v) is 8.61. The Morgan fingerprint density at radius 1 is 1.40 bits per heavy atom. The summed E-state index contributed by atoms with van der Waals surface area (Å²) in [6.07, 6.45) is 0.684. The number of rotatable bonds is 4. The lowest BCUT2D eigenvalue weighted by atomic mass is 10.0. The first-order valence-electron chi connectivity index (χ1n) is 4.54. The summed E-state index contributed by atoms with van der Waals surface area (Å²) in [4.78, 5) is 21.6. The molecule has 15 heavy (non-hydrogen) atoms. The van der Waals surface area contributed by atoms with Crippen molar-refractivity contribution < 1.29 is 19.4 Å². The molecule has 80 valence electrons. The van der Waals surface area contributed by atoms with E-state index in [1.807, 2.05) is 6.92 Å². The van der Waals surface area contributed by atoms with E-state index >= 15 is 0 Å². The van der Waals surface area contributed by atoms with Crippen molar-refractivity contribution in [2.24, 2.45) is 0 Å². The van der Waals surface area contributed by atoms with E-state index in [-0.39, 0.29) is 5.56 Å². The quantitative estimate of drug-likeness (QED) is 0.602. The maximum Gasteiger partial charge on any atom is 0.377 e. The molecule has 0 bridgehead atoms. The summed E-state index contributed by atoms with van der Waals surface area (Å²) in [5, 5.41) is 8.54. The van der Waals surface area contributed by atoms with Gasteiger partial charge in [0.15, 0.2) is 0 Å². The lowest BCUT2D eigenvalue weighted by Gasteiger charge is -2.07.